The van der Waals surface area contributed by atoms with Crippen LogP contribution in [0.25, 0.3) is 0 Å². The van der Waals surface area contributed by atoms with E-state index in [1.807, 2.05) is 6.07 Å². The number of carbonyl (C=O) groups excluding carboxylic acids is 1. The first-order valence-electron chi connectivity index (χ1n) is 6.21. The van der Waals surface area contributed by atoms with Crippen molar-refractivity contribution >= 4 is 23.2 Å². The SMILES string of the molecule is C/C(=N/NC(=O)c1ccc(Cl)cc1)c1ccc(C#N)cc1. The molecule has 5 heteroatoms. The van der Waals surface area contributed by atoms with E-state index in [2.05, 4.69) is 10.5 Å². The number of hydrogen-bond acceptors (Lipinski definition) is 3. The van der Waals surface area contributed by atoms with Crippen molar-refractivity contribution in [3.05, 3.63) is 70.2 Å². The topological polar surface area (TPSA) is 65.2 Å². The molecule has 4 nitrogen and oxygen atoms in total. The number of nitrogens with zero attached hydrogens (tertiary/aromatic N) is 2. The third-order valence-corrected chi connectivity index (χ3v) is 3.12. The standard InChI is InChI=1S/C16H12ClN3O/c1-11(13-4-2-12(10-18)3-5-13)19-20-16(21)14-6-8-15(17)9-7-14/h2-9H,1H3,(H,20,21)/b19-11-. The lowest BCUT2D eigenvalue weighted by Gasteiger charge is -2.03. The molecule has 2 rings (SSSR count). The molecule has 0 fully saturated rings. The van der Waals surface area contributed by atoms with Gasteiger partial charge in [-0.05, 0) is 48.9 Å². The van der Waals surface area contributed by atoms with Crippen molar-refractivity contribution in [2.24, 2.45) is 5.10 Å². The molecule has 0 spiro atoms. The fourth-order valence-corrected chi connectivity index (χ4v) is 1.78. The van der Waals surface area contributed by atoms with Crippen molar-refractivity contribution in [2.75, 3.05) is 0 Å². The zero-order valence-electron chi connectivity index (χ0n) is 11.3. The van der Waals surface area contributed by atoms with Gasteiger partial charge >= 0.3 is 0 Å². The summed E-state index contributed by atoms with van der Waals surface area (Å²) >= 11 is 5.77. The van der Waals surface area contributed by atoms with Crippen molar-refractivity contribution in [3.8, 4) is 6.07 Å². The summed E-state index contributed by atoms with van der Waals surface area (Å²) in [7, 11) is 0. The van der Waals surface area contributed by atoms with Gasteiger partial charge in [0.15, 0.2) is 0 Å². The van der Waals surface area contributed by atoms with Crippen molar-refractivity contribution in [3.63, 3.8) is 0 Å². The van der Waals surface area contributed by atoms with Gasteiger partial charge in [-0.2, -0.15) is 10.4 Å². The number of nitriles is 1. The van der Waals surface area contributed by atoms with Crippen LogP contribution >= 0.6 is 11.6 Å². The minimum Gasteiger partial charge on any atom is -0.267 e. The number of carbonyl (C=O) groups is 1. The van der Waals surface area contributed by atoms with Crippen LogP contribution in [-0.4, -0.2) is 11.6 Å². The van der Waals surface area contributed by atoms with Crippen LogP contribution in [0.15, 0.2) is 53.6 Å². The smallest absolute Gasteiger partial charge is 0.267 e. The molecule has 0 aliphatic carbocycles. The molecule has 0 atom stereocenters. The molecule has 0 aliphatic rings. The highest BCUT2D eigenvalue weighted by atomic mass is 35.5. The summed E-state index contributed by atoms with van der Waals surface area (Å²) in [6, 6.07) is 15.6. The summed E-state index contributed by atoms with van der Waals surface area (Å²) in [6.45, 7) is 1.78. The molecule has 0 aromatic heterocycles. The highest BCUT2D eigenvalue weighted by Gasteiger charge is 2.04. The van der Waals surface area contributed by atoms with Crippen LogP contribution in [0.1, 0.15) is 28.4 Å². The average Bonchev–Trinajstić information content (AvgIpc) is 2.53. The summed E-state index contributed by atoms with van der Waals surface area (Å²) in [6.07, 6.45) is 0. The molecule has 0 radical (unpaired) electrons. The first-order valence-corrected chi connectivity index (χ1v) is 6.58. The molecule has 104 valence electrons. The van der Waals surface area contributed by atoms with Gasteiger partial charge in [-0.15, -0.1) is 0 Å². The van der Waals surface area contributed by atoms with Gasteiger partial charge in [0.2, 0.25) is 0 Å². The molecule has 0 saturated heterocycles. The quantitative estimate of drug-likeness (QED) is 0.697. The molecule has 2 aromatic carbocycles. The van der Waals surface area contributed by atoms with E-state index in [0.29, 0.717) is 21.9 Å². The molecule has 2 aromatic rings. The second kappa shape index (κ2) is 6.69. The van der Waals surface area contributed by atoms with E-state index in [1.165, 1.54) is 0 Å². The molecule has 1 amide bonds. The third-order valence-electron chi connectivity index (χ3n) is 2.86. The van der Waals surface area contributed by atoms with Crippen LogP contribution < -0.4 is 5.43 Å². The monoisotopic (exact) mass is 297 g/mol. The molecule has 0 saturated carbocycles. The minimum absolute atomic E-state index is 0.306. The van der Waals surface area contributed by atoms with Gasteiger partial charge in [-0.3, -0.25) is 4.79 Å². The molecule has 1 N–H and O–H groups in total. The zero-order chi connectivity index (χ0) is 15.2. The van der Waals surface area contributed by atoms with Crippen LogP contribution in [0.4, 0.5) is 0 Å². The molecule has 0 unspecified atom stereocenters. The molecule has 0 aliphatic heterocycles. The van der Waals surface area contributed by atoms with Gasteiger partial charge < -0.3 is 0 Å². The number of benzene rings is 2. The van der Waals surface area contributed by atoms with Gasteiger partial charge in [-0.1, -0.05) is 23.7 Å². The van der Waals surface area contributed by atoms with Gasteiger partial charge in [-0.25, -0.2) is 5.43 Å². The summed E-state index contributed by atoms with van der Waals surface area (Å²) in [4.78, 5) is 11.9. The Bertz CT molecular complexity index is 713. The maximum atomic E-state index is 11.9. The molecule has 0 bridgehead atoms. The highest BCUT2D eigenvalue weighted by Crippen LogP contribution is 2.09. The average molecular weight is 298 g/mol. The van der Waals surface area contributed by atoms with Crippen molar-refractivity contribution < 1.29 is 4.79 Å². The van der Waals surface area contributed by atoms with E-state index in [0.717, 1.165) is 5.56 Å². The number of amides is 1. The van der Waals surface area contributed by atoms with Crippen LogP contribution in [-0.2, 0) is 0 Å². The number of hydrazone groups is 1. The highest BCUT2D eigenvalue weighted by molar-refractivity contribution is 6.30. The largest absolute Gasteiger partial charge is 0.271 e. The predicted octanol–water partition coefficient (Wildman–Crippen LogP) is 3.37. The molecular weight excluding hydrogens is 286 g/mol. The zero-order valence-corrected chi connectivity index (χ0v) is 12.1. The Morgan fingerprint density at radius 3 is 2.24 bits per heavy atom. The van der Waals surface area contributed by atoms with E-state index in [-0.39, 0.29) is 5.91 Å². The van der Waals surface area contributed by atoms with Crippen molar-refractivity contribution in [2.45, 2.75) is 6.92 Å². The lowest BCUT2D eigenvalue weighted by molar-refractivity contribution is 0.0955. The fraction of sp³-hybridized carbons (Fsp3) is 0.0625. The fourth-order valence-electron chi connectivity index (χ4n) is 1.65. The maximum Gasteiger partial charge on any atom is 0.271 e. The molecule has 0 heterocycles. The number of hydrogen-bond donors (Lipinski definition) is 1. The number of halogens is 1. The second-order valence-electron chi connectivity index (χ2n) is 4.33. The molecule has 21 heavy (non-hydrogen) atoms. The van der Waals surface area contributed by atoms with Crippen molar-refractivity contribution in [1.29, 1.82) is 5.26 Å². The Morgan fingerprint density at radius 2 is 1.67 bits per heavy atom. The van der Waals surface area contributed by atoms with E-state index in [9.17, 15) is 4.79 Å². The van der Waals surface area contributed by atoms with Crippen LogP contribution in [0.3, 0.4) is 0 Å². The minimum atomic E-state index is -0.306. The first-order chi connectivity index (χ1) is 10.1. The Balaban J connectivity index is 2.07. The summed E-state index contributed by atoms with van der Waals surface area (Å²) in [5.74, 6) is -0.306. The van der Waals surface area contributed by atoms with E-state index in [4.69, 9.17) is 16.9 Å². The number of nitrogens with one attached hydrogen (secondary N) is 1. The van der Waals surface area contributed by atoms with Crippen LogP contribution in [0.2, 0.25) is 5.02 Å². The Kier molecular flexibility index (Phi) is 4.70. The van der Waals surface area contributed by atoms with Crippen LogP contribution in [0.5, 0.6) is 0 Å². The summed E-state index contributed by atoms with van der Waals surface area (Å²) < 4.78 is 0. The maximum absolute atomic E-state index is 11.9. The van der Waals surface area contributed by atoms with E-state index < -0.39 is 0 Å². The van der Waals surface area contributed by atoms with Gasteiger partial charge in [0.25, 0.3) is 5.91 Å². The third kappa shape index (κ3) is 3.91. The summed E-state index contributed by atoms with van der Waals surface area (Å²) in [5, 5.41) is 13.4. The number of rotatable bonds is 3. The van der Waals surface area contributed by atoms with Gasteiger partial charge in [0.05, 0.1) is 17.3 Å². The Morgan fingerprint density at radius 1 is 1.10 bits per heavy atom. The van der Waals surface area contributed by atoms with E-state index in [1.54, 1.807) is 55.5 Å². The lowest BCUT2D eigenvalue weighted by atomic mass is 10.1. The van der Waals surface area contributed by atoms with Gasteiger partial charge in [0.1, 0.15) is 0 Å². The Labute approximate surface area is 127 Å². The van der Waals surface area contributed by atoms with E-state index >= 15 is 0 Å². The first kappa shape index (κ1) is 14.8. The summed E-state index contributed by atoms with van der Waals surface area (Å²) in [5.41, 5.74) is 5.04. The van der Waals surface area contributed by atoms with Crippen molar-refractivity contribution in [1.82, 2.24) is 5.43 Å². The second-order valence-corrected chi connectivity index (χ2v) is 4.77. The lowest BCUT2D eigenvalue weighted by Crippen LogP contribution is -2.19. The Hall–Kier alpha value is -2.64. The molecular formula is C16H12ClN3O. The van der Waals surface area contributed by atoms with Gasteiger partial charge in [0, 0.05) is 10.6 Å². The normalized spacial score (nSPS) is 10.8. The predicted molar refractivity (Wildman–Crippen MR) is 82.3 cm³/mol. The van der Waals surface area contributed by atoms with Crippen LogP contribution in [0, 0.1) is 11.3 Å².